The number of nitrogens with zero attached hydrogens (tertiary/aromatic N) is 2. The number of hydrogen-bond acceptors (Lipinski definition) is 6. The molecule has 0 aliphatic heterocycles. The van der Waals surface area contributed by atoms with E-state index in [4.69, 9.17) is 5.73 Å². The number of hydrogen-bond donors (Lipinski definition) is 4. The molecule has 1 aliphatic carbocycles. The minimum atomic E-state index is -0.583. The highest BCUT2D eigenvalue weighted by molar-refractivity contribution is 5.97. The number of nitrogens with two attached hydrogens (primary N) is 1. The topological polar surface area (TPSA) is 105 Å². The fraction of sp³-hybridized carbons (Fsp3) is 0.320. The van der Waals surface area contributed by atoms with Crippen molar-refractivity contribution in [3.05, 3.63) is 66.1 Å². The van der Waals surface area contributed by atoms with Gasteiger partial charge in [-0.25, -0.2) is 9.97 Å². The van der Waals surface area contributed by atoms with Crippen molar-refractivity contribution in [2.45, 2.75) is 44.7 Å². The summed E-state index contributed by atoms with van der Waals surface area (Å²) < 4.78 is 0. The molecule has 1 fully saturated rings. The molecule has 3 aromatic rings. The van der Waals surface area contributed by atoms with Gasteiger partial charge in [-0.15, -0.1) is 0 Å². The van der Waals surface area contributed by atoms with E-state index in [1.807, 2.05) is 50.4 Å². The SMILES string of the molecule is CNC1CCCCC1Nc1cnc(C(N)=O)c(Nc2cc(-c3ccccc3)cc(C)n2)c1. The highest BCUT2D eigenvalue weighted by Gasteiger charge is 2.24. The van der Waals surface area contributed by atoms with Crippen molar-refractivity contribution in [3.63, 3.8) is 0 Å². The molecule has 0 saturated heterocycles. The summed E-state index contributed by atoms with van der Waals surface area (Å²) in [6, 6.07) is 16.7. The summed E-state index contributed by atoms with van der Waals surface area (Å²) in [4.78, 5) is 21.0. The lowest BCUT2D eigenvalue weighted by Gasteiger charge is -2.32. The lowest BCUT2D eigenvalue weighted by Crippen LogP contribution is -2.44. The van der Waals surface area contributed by atoms with Gasteiger partial charge in [0.25, 0.3) is 5.91 Å². The van der Waals surface area contributed by atoms with E-state index in [1.165, 1.54) is 12.8 Å². The fourth-order valence-corrected chi connectivity index (χ4v) is 4.37. The summed E-state index contributed by atoms with van der Waals surface area (Å²) in [6.07, 6.45) is 6.33. The number of anilines is 3. The van der Waals surface area contributed by atoms with Crippen LogP contribution in [-0.2, 0) is 0 Å². The lowest BCUT2D eigenvalue weighted by atomic mass is 9.90. The van der Waals surface area contributed by atoms with Crippen molar-refractivity contribution in [3.8, 4) is 11.1 Å². The molecule has 2 atom stereocenters. The van der Waals surface area contributed by atoms with Gasteiger partial charge in [0.2, 0.25) is 0 Å². The zero-order chi connectivity index (χ0) is 22.5. The Morgan fingerprint density at radius 1 is 1.03 bits per heavy atom. The van der Waals surface area contributed by atoms with Crippen LogP contribution in [0.1, 0.15) is 41.9 Å². The van der Waals surface area contributed by atoms with E-state index in [-0.39, 0.29) is 5.69 Å². The number of aryl methyl sites for hydroxylation is 1. The van der Waals surface area contributed by atoms with Gasteiger partial charge < -0.3 is 21.7 Å². The lowest BCUT2D eigenvalue weighted by molar-refractivity contribution is 0.0996. The molecule has 0 bridgehead atoms. The van der Waals surface area contributed by atoms with Gasteiger partial charge in [0, 0.05) is 17.8 Å². The number of primary amides is 1. The van der Waals surface area contributed by atoms with E-state index in [2.05, 4.69) is 38.1 Å². The molecular weight excluding hydrogens is 400 g/mol. The second-order valence-electron chi connectivity index (χ2n) is 8.29. The Bertz CT molecular complexity index is 1090. The quantitative estimate of drug-likeness (QED) is 0.447. The van der Waals surface area contributed by atoms with Crippen LogP contribution in [0.4, 0.5) is 17.2 Å². The van der Waals surface area contributed by atoms with E-state index in [1.54, 1.807) is 6.20 Å². The van der Waals surface area contributed by atoms with Gasteiger partial charge in [-0.2, -0.15) is 0 Å². The first-order chi connectivity index (χ1) is 15.5. The van der Waals surface area contributed by atoms with Crippen LogP contribution in [0.5, 0.6) is 0 Å². The first-order valence-corrected chi connectivity index (χ1v) is 11.1. The largest absolute Gasteiger partial charge is 0.379 e. The molecule has 0 spiro atoms. The molecule has 7 nitrogen and oxygen atoms in total. The molecule has 32 heavy (non-hydrogen) atoms. The molecule has 0 radical (unpaired) electrons. The maximum absolute atomic E-state index is 12.0. The third-order valence-electron chi connectivity index (χ3n) is 5.93. The van der Waals surface area contributed by atoms with Crippen molar-refractivity contribution in [1.29, 1.82) is 0 Å². The van der Waals surface area contributed by atoms with E-state index in [9.17, 15) is 4.79 Å². The van der Waals surface area contributed by atoms with Crippen LogP contribution in [0.2, 0.25) is 0 Å². The standard InChI is InChI=1S/C25H30N6O/c1-16-12-18(17-8-4-3-5-9-17)13-23(29-16)31-22-14-19(15-28-24(22)25(26)32)30-21-11-7-6-10-20(21)27-2/h3-5,8-9,12-15,20-21,27,30H,6-7,10-11H2,1-2H3,(H2,26,32)(H,29,31). The molecule has 1 amide bonds. The molecule has 1 aromatic carbocycles. The average Bonchev–Trinajstić information content (AvgIpc) is 2.79. The van der Waals surface area contributed by atoms with Crippen LogP contribution < -0.4 is 21.7 Å². The third-order valence-corrected chi connectivity index (χ3v) is 5.93. The highest BCUT2D eigenvalue weighted by atomic mass is 16.1. The maximum atomic E-state index is 12.0. The fourth-order valence-electron chi connectivity index (χ4n) is 4.37. The number of amides is 1. The van der Waals surface area contributed by atoms with E-state index < -0.39 is 5.91 Å². The number of carbonyl (C=O) groups excluding carboxylic acids is 1. The van der Waals surface area contributed by atoms with E-state index in [0.29, 0.717) is 23.6 Å². The first-order valence-electron chi connectivity index (χ1n) is 11.1. The summed E-state index contributed by atoms with van der Waals surface area (Å²) in [5.74, 6) is 0.0526. The van der Waals surface area contributed by atoms with Crippen molar-refractivity contribution in [2.75, 3.05) is 17.7 Å². The van der Waals surface area contributed by atoms with Gasteiger partial charge >= 0.3 is 0 Å². The number of pyridine rings is 2. The van der Waals surface area contributed by atoms with Crippen LogP contribution in [0.15, 0.2) is 54.7 Å². The Hall–Kier alpha value is -3.45. The van der Waals surface area contributed by atoms with Crippen molar-refractivity contribution in [1.82, 2.24) is 15.3 Å². The van der Waals surface area contributed by atoms with Crippen molar-refractivity contribution in [2.24, 2.45) is 5.73 Å². The Kier molecular flexibility index (Phi) is 6.66. The Balaban J connectivity index is 1.63. The van der Waals surface area contributed by atoms with Gasteiger partial charge in [0.1, 0.15) is 5.82 Å². The molecule has 4 rings (SSSR count). The van der Waals surface area contributed by atoms with Gasteiger partial charge in [0.05, 0.1) is 17.6 Å². The number of nitrogens with one attached hydrogen (secondary N) is 3. The van der Waals surface area contributed by atoms with Gasteiger partial charge in [0.15, 0.2) is 5.69 Å². The average molecular weight is 431 g/mol. The zero-order valence-electron chi connectivity index (χ0n) is 18.6. The normalized spacial score (nSPS) is 18.2. The summed E-state index contributed by atoms with van der Waals surface area (Å²) in [5, 5.41) is 10.3. The predicted molar refractivity (Wildman–Crippen MR) is 129 cm³/mol. The minimum Gasteiger partial charge on any atom is -0.379 e. The van der Waals surface area contributed by atoms with Crippen molar-refractivity contribution >= 4 is 23.1 Å². The Morgan fingerprint density at radius 2 is 1.78 bits per heavy atom. The predicted octanol–water partition coefficient (Wildman–Crippen LogP) is 4.24. The molecule has 1 aliphatic rings. The first kappa shape index (κ1) is 21.8. The molecular formula is C25H30N6O. The van der Waals surface area contributed by atoms with Crippen LogP contribution in [0, 0.1) is 6.92 Å². The van der Waals surface area contributed by atoms with Crippen LogP contribution in [-0.4, -0.2) is 35.0 Å². The van der Waals surface area contributed by atoms with Crippen LogP contribution in [0.3, 0.4) is 0 Å². The Labute approximate surface area is 188 Å². The number of likely N-dealkylation sites (N-methyl/N-ethyl adjacent to an activating group) is 1. The highest BCUT2D eigenvalue weighted by Crippen LogP contribution is 2.28. The van der Waals surface area contributed by atoms with E-state index >= 15 is 0 Å². The van der Waals surface area contributed by atoms with Crippen LogP contribution in [0.25, 0.3) is 11.1 Å². The number of rotatable bonds is 7. The second kappa shape index (κ2) is 9.78. The van der Waals surface area contributed by atoms with Gasteiger partial charge in [-0.3, -0.25) is 4.79 Å². The van der Waals surface area contributed by atoms with Gasteiger partial charge in [-0.1, -0.05) is 43.2 Å². The smallest absolute Gasteiger partial charge is 0.269 e. The maximum Gasteiger partial charge on any atom is 0.269 e. The zero-order valence-corrected chi connectivity index (χ0v) is 18.6. The summed E-state index contributed by atoms with van der Waals surface area (Å²) in [5.41, 5.74) is 10.2. The molecule has 166 valence electrons. The molecule has 1 saturated carbocycles. The van der Waals surface area contributed by atoms with Gasteiger partial charge in [-0.05, 0) is 56.1 Å². The molecule has 2 unspecified atom stereocenters. The summed E-state index contributed by atoms with van der Waals surface area (Å²) in [7, 11) is 2.00. The molecule has 2 heterocycles. The summed E-state index contributed by atoms with van der Waals surface area (Å²) in [6.45, 7) is 1.95. The third kappa shape index (κ3) is 5.06. The van der Waals surface area contributed by atoms with Crippen LogP contribution >= 0.6 is 0 Å². The number of aromatic nitrogens is 2. The molecule has 7 heteroatoms. The number of carbonyl (C=O) groups is 1. The monoisotopic (exact) mass is 430 g/mol. The Morgan fingerprint density at radius 3 is 2.50 bits per heavy atom. The van der Waals surface area contributed by atoms with E-state index in [0.717, 1.165) is 35.3 Å². The van der Waals surface area contributed by atoms with Crippen molar-refractivity contribution < 1.29 is 4.79 Å². The second-order valence-corrected chi connectivity index (χ2v) is 8.29. The number of benzene rings is 1. The minimum absolute atomic E-state index is 0.189. The molecule has 2 aromatic heterocycles. The summed E-state index contributed by atoms with van der Waals surface area (Å²) >= 11 is 0. The molecule has 5 N–H and O–H groups in total.